The number of fused-ring (bicyclic) bond motifs is 1. The van der Waals surface area contributed by atoms with Crippen LogP contribution in [0.15, 0.2) is 46.3 Å². The van der Waals surface area contributed by atoms with Crippen LogP contribution >= 0.6 is 23.4 Å². The standard InChI is InChI=1S/C25H27ClFN3O3S/c1-15(2)12-28-23(31)16-8-9-18-22(11-16)29-25(30(24(18)32)13-17-5-4-10-33-17)34-14-19-20(26)6-3-7-21(19)27/h3,6-9,11,15,17H,4-5,10,12-14H2,1-2H3,(H,28,31). The van der Waals surface area contributed by atoms with Gasteiger partial charge in [-0.2, -0.15) is 0 Å². The largest absolute Gasteiger partial charge is 0.376 e. The molecule has 0 saturated carbocycles. The second kappa shape index (κ2) is 10.9. The summed E-state index contributed by atoms with van der Waals surface area (Å²) in [4.78, 5) is 30.7. The van der Waals surface area contributed by atoms with Crippen molar-refractivity contribution < 1.29 is 13.9 Å². The highest BCUT2D eigenvalue weighted by Crippen LogP contribution is 2.29. The average Bonchev–Trinajstić information content (AvgIpc) is 3.32. The van der Waals surface area contributed by atoms with Gasteiger partial charge in [0.15, 0.2) is 5.16 Å². The number of halogens is 2. The Labute approximate surface area is 206 Å². The molecule has 34 heavy (non-hydrogen) atoms. The molecule has 1 aliphatic rings. The van der Waals surface area contributed by atoms with Gasteiger partial charge < -0.3 is 10.1 Å². The number of carbonyl (C=O) groups excluding carboxylic acids is 1. The summed E-state index contributed by atoms with van der Waals surface area (Å²) in [6, 6.07) is 9.46. The topological polar surface area (TPSA) is 73.2 Å². The Hall–Kier alpha value is -2.42. The lowest BCUT2D eigenvalue weighted by atomic mass is 10.1. The van der Waals surface area contributed by atoms with Gasteiger partial charge in [0.25, 0.3) is 11.5 Å². The maximum absolute atomic E-state index is 14.3. The molecule has 1 amide bonds. The minimum atomic E-state index is -0.405. The summed E-state index contributed by atoms with van der Waals surface area (Å²) >= 11 is 7.44. The number of aromatic nitrogens is 2. The second-order valence-corrected chi connectivity index (χ2v) is 10.1. The fourth-order valence-electron chi connectivity index (χ4n) is 3.81. The van der Waals surface area contributed by atoms with Crippen LogP contribution in [0.1, 0.15) is 42.6 Å². The lowest BCUT2D eigenvalue weighted by Crippen LogP contribution is -2.29. The molecule has 180 valence electrons. The first kappa shape index (κ1) is 24.7. The first-order valence-electron chi connectivity index (χ1n) is 11.3. The number of nitrogens with zero attached hydrogens (tertiary/aromatic N) is 2. The minimum absolute atomic E-state index is 0.0746. The van der Waals surface area contributed by atoms with Crippen LogP contribution in [0.5, 0.6) is 0 Å². The zero-order valence-electron chi connectivity index (χ0n) is 19.1. The Balaban J connectivity index is 1.71. The average molecular weight is 504 g/mol. The maximum Gasteiger partial charge on any atom is 0.262 e. The Morgan fingerprint density at radius 2 is 2.18 bits per heavy atom. The lowest BCUT2D eigenvalue weighted by molar-refractivity contribution is 0.0937. The quantitative estimate of drug-likeness (QED) is 0.344. The van der Waals surface area contributed by atoms with Crippen molar-refractivity contribution in [2.45, 2.75) is 50.2 Å². The number of nitrogens with one attached hydrogen (secondary N) is 1. The SMILES string of the molecule is CC(C)CNC(=O)c1ccc2c(=O)n(CC3CCCO3)c(SCc3c(F)cccc3Cl)nc2c1. The summed E-state index contributed by atoms with van der Waals surface area (Å²) in [5, 5.41) is 4.07. The van der Waals surface area contributed by atoms with Crippen LogP contribution in [-0.2, 0) is 17.0 Å². The highest BCUT2D eigenvalue weighted by molar-refractivity contribution is 7.98. The molecule has 2 heterocycles. The molecule has 0 spiro atoms. The summed E-state index contributed by atoms with van der Waals surface area (Å²) < 4.78 is 21.7. The molecule has 2 aromatic carbocycles. The molecule has 1 atom stereocenters. The van der Waals surface area contributed by atoms with E-state index in [1.807, 2.05) is 13.8 Å². The molecule has 1 N–H and O–H groups in total. The third kappa shape index (κ3) is 5.62. The van der Waals surface area contributed by atoms with Gasteiger partial charge in [-0.25, -0.2) is 9.37 Å². The molecule has 1 aliphatic heterocycles. The van der Waals surface area contributed by atoms with Crippen LogP contribution in [-0.4, -0.2) is 34.7 Å². The van der Waals surface area contributed by atoms with Crippen molar-refractivity contribution in [2.75, 3.05) is 13.2 Å². The van der Waals surface area contributed by atoms with Crippen LogP contribution in [0, 0.1) is 11.7 Å². The highest BCUT2D eigenvalue weighted by Gasteiger charge is 2.21. The third-order valence-corrected chi connectivity index (χ3v) is 7.03. The molecule has 1 aromatic heterocycles. The van der Waals surface area contributed by atoms with Gasteiger partial charge >= 0.3 is 0 Å². The summed E-state index contributed by atoms with van der Waals surface area (Å²) in [7, 11) is 0. The zero-order valence-corrected chi connectivity index (χ0v) is 20.7. The first-order chi connectivity index (χ1) is 16.3. The Morgan fingerprint density at radius 1 is 1.35 bits per heavy atom. The predicted octanol–water partition coefficient (Wildman–Crippen LogP) is 5.05. The minimum Gasteiger partial charge on any atom is -0.376 e. The van der Waals surface area contributed by atoms with Gasteiger partial charge in [0.1, 0.15) is 5.82 Å². The van der Waals surface area contributed by atoms with E-state index in [4.69, 9.17) is 21.3 Å². The van der Waals surface area contributed by atoms with E-state index in [-0.39, 0.29) is 23.3 Å². The van der Waals surface area contributed by atoms with Crippen LogP contribution in [0.2, 0.25) is 5.02 Å². The Kier molecular flexibility index (Phi) is 7.91. The van der Waals surface area contributed by atoms with E-state index >= 15 is 0 Å². The van der Waals surface area contributed by atoms with E-state index in [1.165, 1.54) is 17.8 Å². The second-order valence-electron chi connectivity index (χ2n) is 8.77. The molecule has 1 unspecified atom stereocenters. The highest BCUT2D eigenvalue weighted by atomic mass is 35.5. The van der Waals surface area contributed by atoms with Crippen molar-refractivity contribution in [2.24, 2.45) is 5.92 Å². The normalized spacial score (nSPS) is 15.9. The molecular formula is C25H27ClFN3O3S. The molecule has 1 fully saturated rings. The smallest absolute Gasteiger partial charge is 0.262 e. The van der Waals surface area contributed by atoms with Crippen molar-refractivity contribution in [3.63, 3.8) is 0 Å². The summed E-state index contributed by atoms with van der Waals surface area (Å²) in [5.74, 6) is -0.0873. The maximum atomic E-state index is 14.3. The number of hydrogen-bond donors (Lipinski definition) is 1. The van der Waals surface area contributed by atoms with Gasteiger partial charge in [0.2, 0.25) is 0 Å². The van der Waals surface area contributed by atoms with E-state index in [1.54, 1.807) is 34.9 Å². The van der Waals surface area contributed by atoms with Gasteiger partial charge in [0, 0.05) is 35.1 Å². The van der Waals surface area contributed by atoms with Crippen molar-refractivity contribution in [1.82, 2.24) is 14.9 Å². The summed E-state index contributed by atoms with van der Waals surface area (Å²) in [5.41, 5.74) is 1.00. The molecule has 4 rings (SSSR count). The third-order valence-electron chi connectivity index (χ3n) is 5.67. The monoisotopic (exact) mass is 503 g/mol. The van der Waals surface area contributed by atoms with Crippen LogP contribution in [0.4, 0.5) is 4.39 Å². The van der Waals surface area contributed by atoms with Crippen molar-refractivity contribution >= 4 is 40.2 Å². The molecule has 1 saturated heterocycles. The number of rotatable bonds is 8. The van der Waals surface area contributed by atoms with Crippen LogP contribution in [0.25, 0.3) is 10.9 Å². The lowest BCUT2D eigenvalue weighted by Gasteiger charge is -2.17. The predicted molar refractivity (Wildman–Crippen MR) is 133 cm³/mol. The number of ether oxygens (including phenoxy) is 1. The summed E-state index contributed by atoms with van der Waals surface area (Å²) in [6.07, 6.45) is 1.74. The van der Waals surface area contributed by atoms with Crippen molar-refractivity contribution in [3.8, 4) is 0 Å². The fraction of sp³-hybridized carbons (Fsp3) is 0.400. The molecule has 0 bridgehead atoms. The molecule has 0 aliphatic carbocycles. The Bertz CT molecular complexity index is 1240. The molecular weight excluding hydrogens is 477 g/mol. The van der Waals surface area contributed by atoms with E-state index in [0.29, 0.717) is 57.8 Å². The van der Waals surface area contributed by atoms with Gasteiger partial charge in [0.05, 0.1) is 23.6 Å². The molecule has 6 nitrogen and oxygen atoms in total. The Morgan fingerprint density at radius 3 is 2.88 bits per heavy atom. The fourth-order valence-corrected chi connectivity index (χ4v) is 5.16. The van der Waals surface area contributed by atoms with Gasteiger partial charge in [-0.1, -0.05) is 43.3 Å². The number of hydrogen-bond acceptors (Lipinski definition) is 5. The zero-order chi connectivity index (χ0) is 24.2. The molecule has 9 heteroatoms. The van der Waals surface area contributed by atoms with E-state index < -0.39 is 5.82 Å². The molecule has 0 radical (unpaired) electrons. The number of carbonyl (C=O) groups is 1. The summed E-state index contributed by atoms with van der Waals surface area (Å²) in [6.45, 7) is 5.63. The van der Waals surface area contributed by atoms with Gasteiger partial charge in [-0.15, -0.1) is 0 Å². The molecule has 3 aromatic rings. The van der Waals surface area contributed by atoms with E-state index in [0.717, 1.165) is 12.8 Å². The van der Waals surface area contributed by atoms with Gasteiger partial charge in [-0.05, 0) is 49.1 Å². The van der Waals surface area contributed by atoms with Gasteiger partial charge in [-0.3, -0.25) is 14.2 Å². The number of amides is 1. The van der Waals surface area contributed by atoms with Crippen LogP contribution < -0.4 is 10.9 Å². The van der Waals surface area contributed by atoms with Crippen LogP contribution in [0.3, 0.4) is 0 Å². The van der Waals surface area contributed by atoms with Crippen molar-refractivity contribution in [1.29, 1.82) is 0 Å². The van der Waals surface area contributed by atoms with E-state index in [2.05, 4.69) is 5.32 Å². The number of thioether (sulfide) groups is 1. The van der Waals surface area contributed by atoms with Crippen molar-refractivity contribution in [3.05, 3.63) is 68.7 Å². The number of benzene rings is 2. The first-order valence-corrected chi connectivity index (χ1v) is 12.7. The van der Waals surface area contributed by atoms with E-state index in [9.17, 15) is 14.0 Å².